The Bertz CT molecular complexity index is 74.5. The maximum absolute atomic E-state index is 9.00. The molecule has 0 saturated heterocycles. The van der Waals surface area contributed by atoms with E-state index in [1.165, 1.54) is 0 Å². The molecule has 4 N–H and O–H groups in total. The number of hydrogen-bond donors (Lipinski definition) is 2. The van der Waals surface area contributed by atoms with E-state index >= 15 is 0 Å². The molecule has 0 aliphatic heterocycles. The molecule has 0 aromatic rings. The minimum atomic E-state index is -0.833. The molecule has 0 fully saturated rings. The first-order valence-corrected chi connectivity index (χ1v) is 1.86. The van der Waals surface area contributed by atoms with E-state index < -0.39 is 11.9 Å². The molecule has 60 valence electrons. The van der Waals surface area contributed by atoms with Gasteiger partial charge in [0.15, 0.2) is 0 Å². The second-order valence-electron chi connectivity index (χ2n) is 1.04. The first kappa shape index (κ1) is 30.4. The maximum atomic E-state index is 9.00. The predicted molar refractivity (Wildman–Crippen MR) is 30.2 cm³/mol. The van der Waals surface area contributed by atoms with Crippen molar-refractivity contribution in [1.82, 2.24) is 0 Å². The van der Waals surface area contributed by atoms with Crippen LogP contribution in [0.3, 0.4) is 0 Å². The molecule has 0 spiro atoms. The van der Waals surface area contributed by atoms with Crippen molar-refractivity contribution in [3.8, 4) is 0 Å². The first-order chi connectivity index (χ1) is 3.46. The van der Waals surface area contributed by atoms with Crippen molar-refractivity contribution in [3.63, 3.8) is 0 Å². The molecule has 0 bridgehead atoms. The topological polar surface area (TPSA) is 106 Å². The number of carboxylic acid groups (broad SMARTS) is 2. The summed E-state index contributed by atoms with van der Waals surface area (Å²) in [5.41, 5.74) is 0. The van der Waals surface area contributed by atoms with Gasteiger partial charge in [0.25, 0.3) is 11.9 Å². The fourth-order valence-corrected chi connectivity index (χ4v) is 0. The predicted octanol–water partition coefficient (Wildman–Crippen LogP) is -0.648. The summed E-state index contributed by atoms with van der Waals surface area (Å²) in [6.07, 6.45) is 0. The molecule has 0 rings (SSSR count). The summed E-state index contributed by atoms with van der Waals surface area (Å²) in [5.74, 6) is -1.67. The molecule has 5 nitrogen and oxygen atoms in total. The van der Waals surface area contributed by atoms with E-state index in [1.807, 2.05) is 0 Å². The van der Waals surface area contributed by atoms with E-state index in [4.69, 9.17) is 19.8 Å². The van der Waals surface area contributed by atoms with Crippen molar-refractivity contribution in [2.75, 3.05) is 0 Å². The molecule has 0 unspecified atom stereocenters. The molecular formula is C4H10O5Zn2. The van der Waals surface area contributed by atoms with Gasteiger partial charge >= 0.3 is 0 Å². The number of carbonyl (C=O) groups is 2. The maximum Gasteiger partial charge on any atom is 0.300 e. The molecule has 0 aromatic heterocycles. The summed E-state index contributed by atoms with van der Waals surface area (Å²) < 4.78 is 0. The van der Waals surface area contributed by atoms with Crippen molar-refractivity contribution in [1.29, 1.82) is 0 Å². The normalized spacial score (nSPS) is 4.55. The van der Waals surface area contributed by atoms with Gasteiger partial charge in [-0.05, 0) is 0 Å². The average Bonchev–Trinajstić information content (AvgIpc) is 1.25. The third-order valence-electron chi connectivity index (χ3n) is 0. The van der Waals surface area contributed by atoms with E-state index in [9.17, 15) is 0 Å². The van der Waals surface area contributed by atoms with Crippen molar-refractivity contribution in [2.45, 2.75) is 13.8 Å². The summed E-state index contributed by atoms with van der Waals surface area (Å²) >= 11 is 0. The van der Waals surface area contributed by atoms with Crippen LogP contribution in [0.2, 0.25) is 0 Å². The zero-order valence-electron chi connectivity index (χ0n) is 6.63. The van der Waals surface area contributed by atoms with Gasteiger partial charge in [0.05, 0.1) is 0 Å². The van der Waals surface area contributed by atoms with Crippen LogP contribution in [0.4, 0.5) is 0 Å². The molecule has 0 amide bonds. The molecule has 0 radical (unpaired) electrons. The van der Waals surface area contributed by atoms with Crippen molar-refractivity contribution < 1.29 is 64.2 Å². The monoisotopic (exact) mass is 266 g/mol. The van der Waals surface area contributed by atoms with Gasteiger partial charge in [-0.2, -0.15) is 0 Å². The molecule has 7 heteroatoms. The molecule has 0 heterocycles. The van der Waals surface area contributed by atoms with Gasteiger partial charge in [-0.3, -0.25) is 9.59 Å². The number of carboxylic acids is 2. The van der Waals surface area contributed by atoms with Crippen LogP contribution in [0.25, 0.3) is 0 Å². The Morgan fingerprint density at radius 1 is 0.909 bits per heavy atom. The Kier molecular flexibility index (Phi) is 62.0. The molecule has 0 atom stereocenters. The Labute approximate surface area is 90.0 Å². The van der Waals surface area contributed by atoms with Gasteiger partial charge < -0.3 is 15.7 Å². The molecule has 11 heavy (non-hydrogen) atoms. The first-order valence-electron chi connectivity index (χ1n) is 1.86. The van der Waals surface area contributed by atoms with Gasteiger partial charge in [0, 0.05) is 52.8 Å². The number of aliphatic carboxylic acids is 2. The third kappa shape index (κ3) is 31300. The van der Waals surface area contributed by atoms with Crippen LogP contribution in [0, 0.1) is 0 Å². The van der Waals surface area contributed by atoms with E-state index in [2.05, 4.69) is 0 Å². The van der Waals surface area contributed by atoms with Gasteiger partial charge in [0.2, 0.25) is 0 Å². The van der Waals surface area contributed by atoms with Gasteiger partial charge in [-0.25, -0.2) is 0 Å². The minimum Gasteiger partial charge on any atom is -0.481 e. The van der Waals surface area contributed by atoms with E-state index in [0.29, 0.717) is 0 Å². The second-order valence-corrected chi connectivity index (χ2v) is 1.04. The van der Waals surface area contributed by atoms with Crippen LogP contribution in [-0.4, -0.2) is 27.6 Å². The zero-order chi connectivity index (χ0) is 7.15. The average molecular weight is 269 g/mol. The van der Waals surface area contributed by atoms with Crippen LogP contribution in [0.15, 0.2) is 0 Å². The summed E-state index contributed by atoms with van der Waals surface area (Å²) in [6.45, 7) is 2.17. The summed E-state index contributed by atoms with van der Waals surface area (Å²) in [6, 6.07) is 0. The number of rotatable bonds is 0. The molecule has 0 aliphatic rings. The number of hydrogen-bond acceptors (Lipinski definition) is 2. The molecule has 0 aliphatic carbocycles. The van der Waals surface area contributed by atoms with Crippen LogP contribution < -0.4 is 0 Å². The molecule has 0 aromatic carbocycles. The second kappa shape index (κ2) is 22.5. The van der Waals surface area contributed by atoms with Gasteiger partial charge in [-0.15, -0.1) is 0 Å². The van der Waals surface area contributed by atoms with Crippen LogP contribution >= 0.6 is 0 Å². The zero-order valence-corrected chi connectivity index (χ0v) is 12.6. The van der Waals surface area contributed by atoms with E-state index in [0.717, 1.165) is 13.8 Å². The fraction of sp³-hybridized carbons (Fsp3) is 0.500. The fourth-order valence-electron chi connectivity index (χ4n) is 0. The summed E-state index contributed by atoms with van der Waals surface area (Å²) in [4.78, 5) is 18.0. The third-order valence-corrected chi connectivity index (χ3v) is 0. The van der Waals surface area contributed by atoms with Crippen LogP contribution in [-0.2, 0) is 48.5 Å². The quantitative estimate of drug-likeness (QED) is 0.570. The smallest absolute Gasteiger partial charge is 0.300 e. The van der Waals surface area contributed by atoms with Crippen molar-refractivity contribution in [2.24, 2.45) is 0 Å². The molecule has 0 saturated carbocycles. The Hall–Kier alpha value is 0.147. The van der Waals surface area contributed by atoms with Gasteiger partial charge in [0.1, 0.15) is 0 Å². The van der Waals surface area contributed by atoms with Crippen LogP contribution in [0.1, 0.15) is 13.8 Å². The van der Waals surface area contributed by atoms with Gasteiger partial charge in [-0.1, -0.05) is 0 Å². The Morgan fingerprint density at radius 2 is 0.909 bits per heavy atom. The molecular weight excluding hydrogens is 259 g/mol. The minimum absolute atomic E-state index is 0. The summed E-state index contributed by atoms with van der Waals surface area (Å²) in [7, 11) is 0. The van der Waals surface area contributed by atoms with E-state index in [1.54, 1.807) is 0 Å². The van der Waals surface area contributed by atoms with Crippen molar-refractivity contribution >= 4 is 11.9 Å². The standard InChI is InChI=1S/2C2H4O2.H2O.2Zn/c2*1-2(3)4;;;/h2*1H3,(H,3,4);1H2;;. The Balaban J connectivity index is -0.0000000171. The van der Waals surface area contributed by atoms with E-state index in [-0.39, 0.29) is 44.4 Å². The van der Waals surface area contributed by atoms with Crippen LogP contribution in [0.5, 0.6) is 0 Å². The van der Waals surface area contributed by atoms with Crippen molar-refractivity contribution in [3.05, 3.63) is 0 Å². The summed E-state index contributed by atoms with van der Waals surface area (Å²) in [5, 5.41) is 14.8. The Morgan fingerprint density at radius 3 is 0.909 bits per heavy atom. The SMILES string of the molecule is CC(=O)O.CC(=O)O.O.[Zn].[Zn]. The largest absolute Gasteiger partial charge is 0.481 e.